The van der Waals surface area contributed by atoms with Gasteiger partial charge in [0.15, 0.2) is 0 Å². The van der Waals surface area contributed by atoms with E-state index < -0.39 is 6.10 Å². The molecule has 1 aliphatic heterocycles. The number of halogens is 1. The number of ether oxygens (including phenoxy) is 1. The molecule has 0 spiro atoms. The van der Waals surface area contributed by atoms with E-state index in [1.54, 1.807) is 6.92 Å². The highest BCUT2D eigenvalue weighted by Gasteiger charge is 2.13. The fraction of sp³-hybridized carbons (Fsp3) is 0.500. The lowest BCUT2D eigenvalue weighted by molar-refractivity contribution is 0.122. The van der Waals surface area contributed by atoms with E-state index in [1.165, 1.54) is 5.69 Å². The van der Waals surface area contributed by atoms with Crippen LogP contribution in [0.25, 0.3) is 0 Å². The molecule has 1 N–H and O–H groups in total. The van der Waals surface area contributed by atoms with Crippen LogP contribution in [0.5, 0.6) is 0 Å². The Morgan fingerprint density at radius 2 is 2.06 bits per heavy atom. The zero-order chi connectivity index (χ0) is 11.5. The van der Waals surface area contributed by atoms with E-state index in [0.29, 0.717) is 0 Å². The SMILES string of the molecule is C[C@@H](O)c1ccc(N2CCOCC2)cc1Br. The Morgan fingerprint density at radius 3 is 2.62 bits per heavy atom. The lowest BCUT2D eigenvalue weighted by atomic mass is 10.1. The van der Waals surface area contributed by atoms with Crippen LogP contribution < -0.4 is 4.90 Å². The summed E-state index contributed by atoms with van der Waals surface area (Å²) in [6.07, 6.45) is -0.437. The molecule has 88 valence electrons. The number of morpholine rings is 1. The topological polar surface area (TPSA) is 32.7 Å². The quantitative estimate of drug-likeness (QED) is 0.905. The third kappa shape index (κ3) is 2.56. The van der Waals surface area contributed by atoms with Crippen molar-refractivity contribution in [1.82, 2.24) is 0 Å². The molecule has 0 aromatic heterocycles. The van der Waals surface area contributed by atoms with Crippen LogP contribution in [0.1, 0.15) is 18.6 Å². The van der Waals surface area contributed by atoms with E-state index >= 15 is 0 Å². The molecule has 16 heavy (non-hydrogen) atoms. The Labute approximate surface area is 104 Å². The summed E-state index contributed by atoms with van der Waals surface area (Å²) in [5, 5.41) is 9.54. The molecule has 4 heteroatoms. The zero-order valence-corrected chi connectivity index (χ0v) is 10.9. The molecule has 1 aliphatic rings. The fourth-order valence-electron chi connectivity index (χ4n) is 1.87. The molecule has 1 atom stereocenters. The standard InChI is InChI=1S/C12H16BrNO2/c1-9(15)11-3-2-10(8-12(11)13)14-4-6-16-7-5-14/h2-3,8-9,15H,4-7H2,1H3/t9-/m1/s1. The maximum atomic E-state index is 9.54. The van der Waals surface area contributed by atoms with Gasteiger partial charge in [-0.3, -0.25) is 0 Å². The van der Waals surface area contributed by atoms with Crippen LogP contribution in [0.2, 0.25) is 0 Å². The molecule has 0 saturated carbocycles. The van der Waals surface area contributed by atoms with Crippen molar-refractivity contribution in [1.29, 1.82) is 0 Å². The van der Waals surface area contributed by atoms with Gasteiger partial charge in [0.2, 0.25) is 0 Å². The van der Waals surface area contributed by atoms with Crippen molar-refractivity contribution in [3.05, 3.63) is 28.2 Å². The van der Waals surface area contributed by atoms with Gasteiger partial charge in [-0.25, -0.2) is 0 Å². The molecule has 1 aromatic rings. The predicted molar refractivity (Wildman–Crippen MR) is 67.8 cm³/mol. The molecule has 3 nitrogen and oxygen atoms in total. The van der Waals surface area contributed by atoms with Gasteiger partial charge in [0.1, 0.15) is 0 Å². The third-order valence-corrected chi connectivity index (χ3v) is 3.50. The predicted octanol–water partition coefficient (Wildman–Crippen LogP) is 2.34. The number of aliphatic hydroxyl groups is 1. The van der Waals surface area contributed by atoms with Gasteiger partial charge in [0.25, 0.3) is 0 Å². The highest BCUT2D eigenvalue weighted by molar-refractivity contribution is 9.10. The average molecular weight is 286 g/mol. The molecule has 2 rings (SSSR count). The summed E-state index contributed by atoms with van der Waals surface area (Å²) in [5.41, 5.74) is 2.11. The lowest BCUT2D eigenvalue weighted by Crippen LogP contribution is -2.36. The molecule has 0 unspecified atom stereocenters. The van der Waals surface area contributed by atoms with Crippen LogP contribution in [0.3, 0.4) is 0 Å². The van der Waals surface area contributed by atoms with Crippen molar-refractivity contribution in [3.63, 3.8) is 0 Å². The number of hydrogen-bond acceptors (Lipinski definition) is 3. The van der Waals surface area contributed by atoms with Crippen LogP contribution in [0.15, 0.2) is 22.7 Å². The smallest absolute Gasteiger partial charge is 0.0772 e. The average Bonchev–Trinajstić information content (AvgIpc) is 2.29. The first kappa shape index (κ1) is 11.9. The van der Waals surface area contributed by atoms with Crippen molar-refractivity contribution in [3.8, 4) is 0 Å². The summed E-state index contributed by atoms with van der Waals surface area (Å²) in [4.78, 5) is 2.29. The summed E-state index contributed by atoms with van der Waals surface area (Å²) in [6.45, 7) is 5.21. The summed E-state index contributed by atoms with van der Waals surface area (Å²) in [5.74, 6) is 0. The van der Waals surface area contributed by atoms with Gasteiger partial charge in [0.05, 0.1) is 19.3 Å². The molecule has 1 saturated heterocycles. The largest absolute Gasteiger partial charge is 0.389 e. The molecule has 0 bridgehead atoms. The van der Waals surface area contributed by atoms with Crippen molar-refractivity contribution >= 4 is 21.6 Å². The second kappa shape index (κ2) is 5.17. The number of anilines is 1. The third-order valence-electron chi connectivity index (χ3n) is 2.81. The van der Waals surface area contributed by atoms with Crippen LogP contribution in [-0.4, -0.2) is 31.4 Å². The monoisotopic (exact) mass is 285 g/mol. The van der Waals surface area contributed by atoms with Gasteiger partial charge in [-0.2, -0.15) is 0 Å². The van der Waals surface area contributed by atoms with Crippen molar-refractivity contribution < 1.29 is 9.84 Å². The Bertz CT molecular complexity index is 362. The van der Waals surface area contributed by atoms with Gasteiger partial charge >= 0.3 is 0 Å². The molecule has 1 aromatic carbocycles. The van der Waals surface area contributed by atoms with Crippen molar-refractivity contribution in [2.24, 2.45) is 0 Å². The second-order valence-corrected chi connectivity index (χ2v) is 4.84. The van der Waals surface area contributed by atoms with Gasteiger partial charge in [-0.05, 0) is 24.6 Å². The first-order chi connectivity index (χ1) is 7.68. The van der Waals surface area contributed by atoms with Crippen LogP contribution >= 0.6 is 15.9 Å². The molecule has 0 amide bonds. The number of aliphatic hydroxyl groups excluding tert-OH is 1. The van der Waals surface area contributed by atoms with Crippen molar-refractivity contribution in [2.75, 3.05) is 31.2 Å². The summed E-state index contributed by atoms with van der Waals surface area (Å²) >= 11 is 3.50. The molecule has 0 aliphatic carbocycles. The molecular formula is C12H16BrNO2. The zero-order valence-electron chi connectivity index (χ0n) is 9.32. The minimum Gasteiger partial charge on any atom is -0.389 e. The van der Waals surface area contributed by atoms with Crippen LogP contribution in [0, 0.1) is 0 Å². The Morgan fingerprint density at radius 1 is 1.38 bits per heavy atom. The minimum absolute atomic E-state index is 0.437. The van der Waals surface area contributed by atoms with E-state index in [1.807, 2.05) is 6.07 Å². The maximum absolute atomic E-state index is 9.54. The first-order valence-electron chi connectivity index (χ1n) is 5.48. The van der Waals surface area contributed by atoms with Crippen LogP contribution in [-0.2, 0) is 4.74 Å². The highest BCUT2D eigenvalue weighted by Crippen LogP contribution is 2.28. The summed E-state index contributed by atoms with van der Waals surface area (Å²) in [6, 6.07) is 6.09. The first-order valence-corrected chi connectivity index (χ1v) is 6.28. The molecular weight excluding hydrogens is 270 g/mol. The fourth-order valence-corrected chi connectivity index (χ4v) is 2.57. The summed E-state index contributed by atoms with van der Waals surface area (Å²) < 4.78 is 6.28. The number of nitrogens with zero attached hydrogens (tertiary/aromatic N) is 1. The molecule has 1 fully saturated rings. The van der Waals surface area contributed by atoms with Crippen LogP contribution in [0.4, 0.5) is 5.69 Å². The number of benzene rings is 1. The van der Waals surface area contributed by atoms with E-state index in [-0.39, 0.29) is 0 Å². The van der Waals surface area contributed by atoms with E-state index in [4.69, 9.17) is 4.74 Å². The van der Waals surface area contributed by atoms with Crippen molar-refractivity contribution in [2.45, 2.75) is 13.0 Å². The maximum Gasteiger partial charge on any atom is 0.0772 e. The van der Waals surface area contributed by atoms with Gasteiger partial charge < -0.3 is 14.7 Å². The lowest BCUT2D eigenvalue weighted by Gasteiger charge is -2.29. The Balaban J connectivity index is 2.19. The molecule has 1 heterocycles. The van der Waals surface area contributed by atoms with E-state index in [2.05, 4.69) is 33.0 Å². The highest BCUT2D eigenvalue weighted by atomic mass is 79.9. The second-order valence-electron chi connectivity index (χ2n) is 3.98. The van der Waals surface area contributed by atoms with Gasteiger partial charge in [-0.15, -0.1) is 0 Å². The van der Waals surface area contributed by atoms with E-state index in [9.17, 15) is 5.11 Å². The van der Waals surface area contributed by atoms with Gasteiger partial charge in [0, 0.05) is 23.2 Å². The van der Waals surface area contributed by atoms with Gasteiger partial charge in [-0.1, -0.05) is 22.0 Å². The summed E-state index contributed by atoms with van der Waals surface area (Å²) in [7, 11) is 0. The number of hydrogen-bond donors (Lipinski definition) is 1. The Hall–Kier alpha value is -0.580. The Kier molecular flexibility index (Phi) is 3.84. The minimum atomic E-state index is -0.437. The number of rotatable bonds is 2. The normalized spacial score (nSPS) is 18.6. The van der Waals surface area contributed by atoms with E-state index in [0.717, 1.165) is 36.3 Å². The molecule has 0 radical (unpaired) electrons.